The van der Waals surface area contributed by atoms with Crippen molar-refractivity contribution < 1.29 is 18.0 Å². The summed E-state index contributed by atoms with van der Waals surface area (Å²) >= 11 is 6.57. The molecule has 0 heterocycles. The van der Waals surface area contributed by atoms with Crippen LogP contribution in [0.3, 0.4) is 0 Å². The quantitative estimate of drug-likeness (QED) is 0.166. The van der Waals surface area contributed by atoms with Crippen LogP contribution in [-0.2, 0) is 39.0 Å². The Hall–Kier alpha value is -4.14. The molecule has 0 aromatic heterocycles. The summed E-state index contributed by atoms with van der Waals surface area (Å²) in [6.45, 7) is 5.32. The van der Waals surface area contributed by atoms with E-state index in [1.807, 2.05) is 69.3 Å². The Kier molecular flexibility index (Phi) is 11.8. The topological polar surface area (TPSA) is 86.8 Å². The molecule has 2 atom stereocenters. The Bertz CT molecular complexity index is 1680. The first kappa shape index (κ1) is 33.7. The van der Waals surface area contributed by atoms with Gasteiger partial charge >= 0.3 is 0 Å². The predicted molar refractivity (Wildman–Crippen MR) is 181 cm³/mol. The van der Waals surface area contributed by atoms with Crippen LogP contribution in [0.5, 0.6) is 0 Å². The molecule has 45 heavy (non-hydrogen) atoms. The highest BCUT2D eigenvalue weighted by atomic mass is 35.5. The Balaban J connectivity index is 1.84. The molecule has 0 aliphatic rings. The first-order valence-corrected chi connectivity index (χ1v) is 17.0. The summed E-state index contributed by atoms with van der Waals surface area (Å²) in [5.74, 6) is -0.847. The fourth-order valence-electron chi connectivity index (χ4n) is 5.09. The number of hydrogen-bond acceptors (Lipinski definition) is 4. The predicted octanol–water partition coefficient (Wildman–Crippen LogP) is 6.65. The second-order valence-corrected chi connectivity index (χ2v) is 13.2. The van der Waals surface area contributed by atoms with Gasteiger partial charge in [0.15, 0.2) is 0 Å². The Morgan fingerprint density at radius 3 is 2.00 bits per heavy atom. The Labute approximate surface area is 271 Å². The van der Waals surface area contributed by atoms with E-state index in [0.717, 1.165) is 15.4 Å². The van der Waals surface area contributed by atoms with Crippen LogP contribution in [0.4, 0.5) is 5.69 Å². The molecule has 2 amide bonds. The van der Waals surface area contributed by atoms with Gasteiger partial charge in [-0.2, -0.15) is 0 Å². The molecule has 0 radical (unpaired) electrons. The zero-order valence-electron chi connectivity index (χ0n) is 25.9. The molecule has 0 saturated carbocycles. The van der Waals surface area contributed by atoms with Gasteiger partial charge in [-0.15, -0.1) is 0 Å². The highest BCUT2D eigenvalue weighted by Crippen LogP contribution is 2.29. The monoisotopic (exact) mass is 645 g/mol. The highest BCUT2D eigenvalue weighted by molar-refractivity contribution is 7.92. The van der Waals surface area contributed by atoms with Gasteiger partial charge in [-0.3, -0.25) is 13.9 Å². The van der Waals surface area contributed by atoms with E-state index in [0.29, 0.717) is 29.1 Å². The normalized spacial score (nSPS) is 12.6. The molecule has 236 valence electrons. The molecule has 0 fully saturated rings. The number of hydrogen-bond donors (Lipinski definition) is 1. The van der Waals surface area contributed by atoms with Crippen molar-refractivity contribution in [2.75, 3.05) is 10.8 Å². The van der Waals surface area contributed by atoms with Crippen molar-refractivity contribution >= 4 is 39.1 Å². The van der Waals surface area contributed by atoms with E-state index in [1.165, 1.54) is 17.0 Å². The summed E-state index contributed by atoms with van der Waals surface area (Å²) < 4.78 is 29.6. The summed E-state index contributed by atoms with van der Waals surface area (Å²) in [6, 6.07) is 30.8. The van der Waals surface area contributed by atoms with Crippen molar-refractivity contribution in [1.82, 2.24) is 10.2 Å². The number of nitrogens with one attached hydrogen (secondary N) is 1. The zero-order chi connectivity index (χ0) is 32.4. The van der Waals surface area contributed by atoms with Crippen LogP contribution in [0.2, 0.25) is 5.02 Å². The van der Waals surface area contributed by atoms with E-state index in [4.69, 9.17) is 11.6 Å². The second-order valence-electron chi connectivity index (χ2n) is 10.9. The Morgan fingerprint density at radius 1 is 0.800 bits per heavy atom. The molecule has 4 aromatic rings. The number of sulfonamides is 1. The van der Waals surface area contributed by atoms with Gasteiger partial charge in [0.05, 0.1) is 10.6 Å². The maximum absolute atomic E-state index is 14.6. The minimum atomic E-state index is -4.16. The number of rotatable bonds is 14. The smallest absolute Gasteiger partial charge is 0.264 e. The summed E-state index contributed by atoms with van der Waals surface area (Å²) in [5, 5.41) is 3.49. The van der Waals surface area contributed by atoms with Crippen LogP contribution >= 0.6 is 11.6 Å². The van der Waals surface area contributed by atoms with Crippen LogP contribution in [-0.4, -0.2) is 43.8 Å². The second kappa shape index (κ2) is 15.7. The standard InChI is InChI=1S/C36H40ClN3O4S/c1-4-27(3)38-36(42)34(24-28-16-8-6-9-17-28)39(25-30-19-12-14-22-32(30)37)35(41)26-40(33-23-15-13-18-29(33)5-2)45(43,44)31-20-10-7-11-21-31/h6-23,27,34H,4-5,24-26H2,1-3H3,(H,38,42)/t27-,34-/m1/s1. The van der Waals surface area contributed by atoms with Gasteiger partial charge in [0.25, 0.3) is 10.0 Å². The fourth-order valence-corrected chi connectivity index (χ4v) is 6.76. The zero-order valence-corrected chi connectivity index (χ0v) is 27.5. The van der Waals surface area contributed by atoms with Gasteiger partial charge in [0, 0.05) is 24.0 Å². The number of halogens is 1. The van der Waals surface area contributed by atoms with E-state index in [9.17, 15) is 18.0 Å². The van der Waals surface area contributed by atoms with Crippen molar-refractivity contribution in [2.24, 2.45) is 0 Å². The number of amides is 2. The lowest BCUT2D eigenvalue weighted by Gasteiger charge is -2.35. The van der Waals surface area contributed by atoms with Crippen LogP contribution in [0.25, 0.3) is 0 Å². The summed E-state index contributed by atoms with van der Waals surface area (Å²) in [5.41, 5.74) is 2.70. The third kappa shape index (κ3) is 8.53. The van der Waals surface area contributed by atoms with Gasteiger partial charge in [-0.1, -0.05) is 110 Å². The highest BCUT2D eigenvalue weighted by Gasteiger charge is 2.35. The van der Waals surface area contributed by atoms with Crippen molar-refractivity contribution in [3.05, 3.63) is 131 Å². The minimum Gasteiger partial charge on any atom is -0.352 e. The molecule has 4 rings (SSSR count). The first-order valence-electron chi connectivity index (χ1n) is 15.2. The summed E-state index contributed by atoms with van der Waals surface area (Å²) in [4.78, 5) is 30.1. The van der Waals surface area contributed by atoms with Crippen LogP contribution in [0.1, 0.15) is 43.9 Å². The molecule has 7 nitrogen and oxygen atoms in total. The number of benzene rings is 4. The van der Waals surface area contributed by atoms with Crippen molar-refractivity contribution in [3.63, 3.8) is 0 Å². The average molecular weight is 646 g/mol. The summed E-state index contributed by atoms with van der Waals surface area (Å²) in [7, 11) is -4.16. The number of aryl methyl sites for hydroxylation is 1. The molecule has 0 saturated heterocycles. The molecule has 0 bridgehead atoms. The van der Waals surface area contributed by atoms with Gasteiger partial charge in [-0.05, 0) is 60.7 Å². The molecule has 4 aromatic carbocycles. The van der Waals surface area contributed by atoms with Crippen LogP contribution in [0.15, 0.2) is 114 Å². The molecule has 0 spiro atoms. The lowest BCUT2D eigenvalue weighted by atomic mass is 10.0. The average Bonchev–Trinajstić information content (AvgIpc) is 3.06. The van der Waals surface area contributed by atoms with E-state index >= 15 is 0 Å². The largest absolute Gasteiger partial charge is 0.352 e. The van der Waals surface area contributed by atoms with Crippen molar-refractivity contribution in [1.29, 1.82) is 0 Å². The molecule has 0 unspecified atom stereocenters. The fraction of sp³-hybridized carbons (Fsp3) is 0.278. The summed E-state index contributed by atoms with van der Waals surface area (Å²) in [6.07, 6.45) is 1.50. The van der Waals surface area contributed by atoms with Gasteiger partial charge in [0.2, 0.25) is 11.8 Å². The number of para-hydroxylation sites is 1. The van der Waals surface area contributed by atoms with E-state index in [-0.39, 0.29) is 29.8 Å². The number of anilines is 1. The third-order valence-corrected chi connectivity index (χ3v) is 9.96. The van der Waals surface area contributed by atoms with Gasteiger partial charge in [-0.25, -0.2) is 8.42 Å². The van der Waals surface area contributed by atoms with Crippen molar-refractivity contribution in [2.45, 2.75) is 63.6 Å². The Morgan fingerprint density at radius 2 is 1.38 bits per heavy atom. The lowest BCUT2D eigenvalue weighted by molar-refractivity contribution is -0.140. The molecular formula is C36H40ClN3O4S. The maximum Gasteiger partial charge on any atom is 0.264 e. The van der Waals surface area contributed by atoms with Crippen LogP contribution in [0, 0.1) is 0 Å². The van der Waals surface area contributed by atoms with Crippen molar-refractivity contribution in [3.8, 4) is 0 Å². The molecular weight excluding hydrogens is 606 g/mol. The van der Waals surface area contributed by atoms with E-state index in [2.05, 4.69) is 5.32 Å². The molecule has 0 aliphatic carbocycles. The number of nitrogens with zero attached hydrogens (tertiary/aromatic N) is 2. The SMILES string of the molecule is CCc1ccccc1N(CC(=O)N(Cc1ccccc1Cl)[C@H](Cc1ccccc1)C(=O)N[C@H](C)CC)S(=O)(=O)c1ccccc1. The molecule has 9 heteroatoms. The number of carbonyl (C=O) groups is 2. The van der Waals surface area contributed by atoms with Crippen LogP contribution < -0.4 is 9.62 Å². The van der Waals surface area contributed by atoms with E-state index < -0.39 is 28.5 Å². The molecule has 1 N–H and O–H groups in total. The third-order valence-electron chi connectivity index (χ3n) is 7.82. The maximum atomic E-state index is 14.6. The van der Waals surface area contributed by atoms with Gasteiger partial charge < -0.3 is 10.2 Å². The lowest BCUT2D eigenvalue weighted by Crippen LogP contribution is -2.54. The minimum absolute atomic E-state index is 0.0125. The number of carbonyl (C=O) groups excluding carboxylic acids is 2. The molecule has 0 aliphatic heterocycles. The first-order chi connectivity index (χ1) is 21.6. The van der Waals surface area contributed by atoms with E-state index in [1.54, 1.807) is 48.5 Å². The van der Waals surface area contributed by atoms with Gasteiger partial charge in [0.1, 0.15) is 12.6 Å².